The average molecular weight is 328 g/mol. The van der Waals surface area contributed by atoms with Crippen LogP contribution in [-0.2, 0) is 16.6 Å². The molecular formula is C15H22ClN3O3. The molecule has 1 rings (SSSR count). The van der Waals surface area contributed by atoms with Crippen LogP contribution in [0.1, 0.15) is 38.2 Å². The number of carbonyl (C=O) groups excluding carboxylic acids is 2. The first kappa shape index (κ1) is 18.2. The molecule has 1 atom stereocenters. The van der Waals surface area contributed by atoms with Crippen molar-refractivity contribution in [2.24, 2.45) is 12.5 Å². The maximum atomic E-state index is 12.3. The highest BCUT2D eigenvalue weighted by Gasteiger charge is 2.22. The Labute approximate surface area is 135 Å². The van der Waals surface area contributed by atoms with Crippen LogP contribution in [0.25, 0.3) is 0 Å². The fraction of sp³-hybridized carbons (Fsp3) is 0.533. The summed E-state index contributed by atoms with van der Waals surface area (Å²) < 4.78 is 6.34. The maximum Gasteiger partial charge on any atom is 0.332 e. The number of hydrogen-bond donors (Lipinski definition) is 1. The zero-order chi connectivity index (χ0) is 16.9. The van der Waals surface area contributed by atoms with E-state index >= 15 is 0 Å². The first-order valence-corrected chi connectivity index (χ1v) is 7.38. The first-order chi connectivity index (χ1) is 10.1. The van der Waals surface area contributed by atoms with Crippen molar-refractivity contribution in [1.29, 1.82) is 0 Å². The zero-order valence-corrected chi connectivity index (χ0v) is 14.3. The molecule has 122 valence electrons. The second kappa shape index (κ2) is 7.45. The molecule has 1 amide bonds. The third-order valence-corrected chi connectivity index (χ3v) is 2.88. The summed E-state index contributed by atoms with van der Waals surface area (Å²) in [6.45, 7) is 7.94. The number of nitrogens with zero attached hydrogens (tertiary/aromatic N) is 2. The largest absolute Gasteiger partial charge is 0.464 e. The summed E-state index contributed by atoms with van der Waals surface area (Å²) in [6, 6.07) is 0.576. The van der Waals surface area contributed by atoms with E-state index < -0.39 is 17.9 Å². The number of hydrogen-bond acceptors (Lipinski definition) is 4. The standard InChI is InChI=1S/C15H22ClN3O3/c1-6-22-14(21)10(7-8-15(2,3)4)17-13(20)11-9-12(16)18-19(11)5/h7-10H,6H2,1-5H3,(H,17,20). The number of allylic oxidation sites excluding steroid dienone is 1. The van der Waals surface area contributed by atoms with Gasteiger partial charge in [0.05, 0.1) is 6.61 Å². The molecule has 6 nitrogen and oxygen atoms in total. The van der Waals surface area contributed by atoms with E-state index in [9.17, 15) is 9.59 Å². The minimum atomic E-state index is -0.861. The van der Waals surface area contributed by atoms with Crippen LogP contribution in [0.4, 0.5) is 0 Å². The summed E-state index contributed by atoms with van der Waals surface area (Å²) in [5, 5.41) is 6.73. The fourth-order valence-corrected chi connectivity index (χ4v) is 1.88. The van der Waals surface area contributed by atoms with Gasteiger partial charge in [0.25, 0.3) is 5.91 Å². The van der Waals surface area contributed by atoms with Crippen molar-refractivity contribution < 1.29 is 14.3 Å². The molecule has 0 radical (unpaired) electrons. The van der Waals surface area contributed by atoms with Crippen molar-refractivity contribution >= 4 is 23.5 Å². The van der Waals surface area contributed by atoms with E-state index in [1.165, 1.54) is 10.7 Å². The van der Waals surface area contributed by atoms with E-state index in [1.54, 1.807) is 20.0 Å². The third kappa shape index (κ3) is 5.52. The van der Waals surface area contributed by atoms with E-state index in [0.29, 0.717) is 0 Å². The number of halogens is 1. The molecule has 0 fully saturated rings. The Kier molecular flexibility index (Phi) is 6.17. The van der Waals surface area contributed by atoms with Crippen LogP contribution >= 0.6 is 11.6 Å². The fourth-order valence-electron chi connectivity index (χ4n) is 1.66. The number of aromatic nitrogens is 2. The van der Waals surface area contributed by atoms with Crippen molar-refractivity contribution in [1.82, 2.24) is 15.1 Å². The normalized spacial score (nSPS) is 13.2. The van der Waals surface area contributed by atoms with Gasteiger partial charge in [-0.25, -0.2) is 4.79 Å². The van der Waals surface area contributed by atoms with Crippen molar-refractivity contribution in [2.75, 3.05) is 6.61 Å². The van der Waals surface area contributed by atoms with Gasteiger partial charge in [-0.05, 0) is 12.3 Å². The number of esters is 1. The summed E-state index contributed by atoms with van der Waals surface area (Å²) in [6.07, 6.45) is 3.49. The molecule has 0 aliphatic carbocycles. The van der Waals surface area contributed by atoms with Gasteiger partial charge in [0, 0.05) is 13.1 Å². The molecule has 0 saturated heterocycles. The van der Waals surface area contributed by atoms with E-state index in [2.05, 4.69) is 10.4 Å². The molecular weight excluding hydrogens is 306 g/mol. The van der Waals surface area contributed by atoms with Gasteiger partial charge in [-0.3, -0.25) is 9.48 Å². The predicted molar refractivity (Wildman–Crippen MR) is 84.7 cm³/mol. The molecule has 1 aromatic rings. The SMILES string of the molecule is CCOC(=O)C(C=CC(C)(C)C)NC(=O)c1cc(Cl)nn1C. The van der Waals surface area contributed by atoms with Gasteiger partial charge >= 0.3 is 5.97 Å². The Bertz CT molecular complexity index is 573. The molecule has 1 heterocycles. The Morgan fingerprint density at radius 2 is 2.14 bits per heavy atom. The topological polar surface area (TPSA) is 73.2 Å². The minimum absolute atomic E-state index is 0.120. The van der Waals surface area contributed by atoms with E-state index in [0.717, 1.165) is 0 Å². The third-order valence-electron chi connectivity index (χ3n) is 2.70. The number of nitrogens with one attached hydrogen (secondary N) is 1. The molecule has 1 N–H and O–H groups in total. The Hall–Kier alpha value is -1.82. The van der Waals surface area contributed by atoms with Crippen molar-refractivity contribution in [3.8, 4) is 0 Å². The van der Waals surface area contributed by atoms with Crippen molar-refractivity contribution in [2.45, 2.75) is 33.7 Å². The lowest BCUT2D eigenvalue weighted by Gasteiger charge is -2.17. The lowest BCUT2D eigenvalue weighted by Crippen LogP contribution is -2.41. The molecule has 1 aromatic heterocycles. The molecule has 0 saturated carbocycles. The van der Waals surface area contributed by atoms with E-state index in [1.807, 2.05) is 26.8 Å². The van der Waals surface area contributed by atoms with Gasteiger partial charge in [0.1, 0.15) is 11.7 Å². The molecule has 0 aliphatic heterocycles. The summed E-state index contributed by atoms with van der Waals surface area (Å²) >= 11 is 5.76. The lowest BCUT2D eigenvalue weighted by molar-refractivity contribution is -0.144. The van der Waals surface area contributed by atoms with Crippen molar-refractivity contribution in [3.05, 3.63) is 29.1 Å². The van der Waals surface area contributed by atoms with Gasteiger partial charge in [-0.15, -0.1) is 0 Å². The second-order valence-corrected chi connectivity index (χ2v) is 6.29. The number of rotatable bonds is 5. The highest BCUT2D eigenvalue weighted by atomic mass is 35.5. The molecule has 7 heteroatoms. The molecule has 0 aliphatic rings. The van der Waals surface area contributed by atoms with Gasteiger partial charge in [-0.1, -0.05) is 44.5 Å². The molecule has 1 unspecified atom stereocenters. The Balaban J connectivity index is 2.92. The predicted octanol–water partition coefficient (Wildman–Crippen LogP) is 2.34. The molecule has 0 bridgehead atoms. The number of carbonyl (C=O) groups is 2. The number of aryl methyl sites for hydroxylation is 1. The van der Waals surface area contributed by atoms with Crippen LogP contribution in [-0.4, -0.2) is 34.3 Å². The van der Waals surface area contributed by atoms with Crippen molar-refractivity contribution in [3.63, 3.8) is 0 Å². The summed E-state index contributed by atoms with van der Waals surface area (Å²) in [7, 11) is 1.60. The van der Waals surface area contributed by atoms with Crippen LogP contribution in [0.2, 0.25) is 5.15 Å². The van der Waals surface area contributed by atoms with Crippen LogP contribution in [0, 0.1) is 5.41 Å². The maximum absolute atomic E-state index is 12.3. The monoisotopic (exact) mass is 327 g/mol. The number of ether oxygens (including phenoxy) is 1. The Morgan fingerprint density at radius 1 is 1.50 bits per heavy atom. The summed E-state index contributed by atoms with van der Waals surface area (Å²) in [5.74, 6) is -0.955. The second-order valence-electron chi connectivity index (χ2n) is 5.90. The zero-order valence-electron chi connectivity index (χ0n) is 13.5. The van der Waals surface area contributed by atoms with Crippen LogP contribution in [0.5, 0.6) is 0 Å². The summed E-state index contributed by atoms with van der Waals surface area (Å²) in [5.41, 5.74) is 0.147. The van der Waals surface area contributed by atoms with E-state index in [4.69, 9.17) is 16.3 Å². The van der Waals surface area contributed by atoms with Gasteiger partial charge in [0.2, 0.25) is 0 Å². The van der Waals surface area contributed by atoms with Crippen LogP contribution in [0.3, 0.4) is 0 Å². The van der Waals surface area contributed by atoms with Gasteiger partial charge in [0.15, 0.2) is 5.15 Å². The highest BCUT2D eigenvalue weighted by Crippen LogP contribution is 2.15. The number of amides is 1. The first-order valence-electron chi connectivity index (χ1n) is 7.00. The smallest absolute Gasteiger partial charge is 0.332 e. The van der Waals surface area contributed by atoms with Crippen LogP contribution in [0.15, 0.2) is 18.2 Å². The minimum Gasteiger partial charge on any atom is -0.464 e. The van der Waals surface area contributed by atoms with Crippen LogP contribution < -0.4 is 5.32 Å². The summed E-state index contributed by atoms with van der Waals surface area (Å²) in [4.78, 5) is 24.2. The van der Waals surface area contributed by atoms with Gasteiger partial charge in [-0.2, -0.15) is 5.10 Å². The average Bonchev–Trinajstić information content (AvgIpc) is 2.72. The highest BCUT2D eigenvalue weighted by molar-refractivity contribution is 6.29. The van der Waals surface area contributed by atoms with Gasteiger partial charge < -0.3 is 10.1 Å². The molecule has 0 spiro atoms. The Morgan fingerprint density at radius 3 is 2.59 bits per heavy atom. The lowest BCUT2D eigenvalue weighted by atomic mass is 9.95. The van der Waals surface area contributed by atoms with E-state index in [-0.39, 0.29) is 22.9 Å². The molecule has 22 heavy (non-hydrogen) atoms. The quantitative estimate of drug-likeness (QED) is 0.665. The molecule has 0 aromatic carbocycles.